The summed E-state index contributed by atoms with van der Waals surface area (Å²) >= 11 is 0. The van der Waals surface area contributed by atoms with E-state index in [2.05, 4.69) is 20.2 Å². The van der Waals surface area contributed by atoms with Crippen molar-refractivity contribution in [2.45, 2.75) is 6.04 Å². The van der Waals surface area contributed by atoms with Crippen LogP contribution < -0.4 is 10.2 Å². The van der Waals surface area contributed by atoms with E-state index in [1.165, 1.54) is 0 Å². The Kier molecular flexibility index (Phi) is 4.31. The van der Waals surface area contributed by atoms with Crippen LogP contribution in [0.25, 0.3) is 0 Å². The van der Waals surface area contributed by atoms with Gasteiger partial charge in [0.25, 0.3) is 0 Å². The first-order chi connectivity index (χ1) is 10.3. The van der Waals surface area contributed by atoms with Gasteiger partial charge in [-0.05, 0) is 7.05 Å². The van der Waals surface area contributed by atoms with Gasteiger partial charge in [-0.25, -0.2) is 4.98 Å². The Morgan fingerprint density at radius 1 is 1.29 bits per heavy atom. The maximum atomic E-state index is 12.6. The molecular formula is C14H21N5O2. The van der Waals surface area contributed by atoms with Crippen LogP contribution in [0.15, 0.2) is 18.6 Å². The van der Waals surface area contributed by atoms with Gasteiger partial charge in [0, 0.05) is 44.6 Å². The smallest absolute Gasteiger partial charge is 0.229 e. The molecule has 1 amide bonds. The van der Waals surface area contributed by atoms with Gasteiger partial charge in [0.2, 0.25) is 5.91 Å². The first kappa shape index (κ1) is 14.2. The molecule has 1 aromatic heterocycles. The molecule has 2 aliphatic heterocycles. The number of piperazine rings is 1. The number of likely N-dealkylation sites (N-methyl/N-ethyl adjacent to an activating group) is 1. The van der Waals surface area contributed by atoms with Crippen molar-refractivity contribution in [2.75, 3.05) is 51.3 Å². The minimum Gasteiger partial charge on any atom is -0.379 e. The minimum absolute atomic E-state index is 0.0573. The number of hydrogen-bond donors (Lipinski definition) is 1. The molecule has 0 bridgehead atoms. The first-order valence-corrected chi connectivity index (χ1v) is 7.34. The van der Waals surface area contributed by atoms with Crippen molar-refractivity contribution in [1.82, 2.24) is 20.2 Å². The highest BCUT2D eigenvalue weighted by atomic mass is 16.5. The lowest BCUT2D eigenvalue weighted by Gasteiger charge is -2.36. The van der Waals surface area contributed by atoms with Gasteiger partial charge in [-0.3, -0.25) is 9.78 Å². The third-order valence-electron chi connectivity index (χ3n) is 4.23. The molecule has 0 radical (unpaired) electrons. The molecule has 114 valence electrons. The molecule has 2 atom stereocenters. The number of hydrogen-bond acceptors (Lipinski definition) is 6. The number of nitrogens with one attached hydrogen (secondary N) is 1. The average Bonchev–Trinajstić information content (AvgIpc) is 3.04. The number of rotatable bonds is 3. The van der Waals surface area contributed by atoms with Crippen LogP contribution in [0.4, 0.5) is 5.82 Å². The molecule has 2 aliphatic rings. The quantitative estimate of drug-likeness (QED) is 0.799. The number of amides is 1. The lowest BCUT2D eigenvalue weighted by Crippen LogP contribution is -2.53. The van der Waals surface area contributed by atoms with Crippen LogP contribution in [-0.2, 0) is 9.53 Å². The zero-order valence-corrected chi connectivity index (χ0v) is 12.2. The summed E-state index contributed by atoms with van der Waals surface area (Å²) < 4.78 is 5.42. The van der Waals surface area contributed by atoms with Gasteiger partial charge in [0.15, 0.2) is 0 Å². The fraction of sp³-hybridized carbons (Fsp3) is 0.643. The Morgan fingerprint density at radius 3 is 2.76 bits per heavy atom. The monoisotopic (exact) mass is 291 g/mol. The van der Waals surface area contributed by atoms with Crippen LogP contribution >= 0.6 is 0 Å². The van der Waals surface area contributed by atoms with Gasteiger partial charge < -0.3 is 19.9 Å². The molecule has 0 spiro atoms. The maximum absolute atomic E-state index is 12.6. The standard InChI is InChI=1S/C14H21N5O2/c1-15-12-10-21-9-11(12)14(20)19-6-4-18(5-7-19)13-8-16-2-3-17-13/h2-3,8,11-12,15H,4-7,9-10H2,1H3. The van der Waals surface area contributed by atoms with Gasteiger partial charge in [-0.1, -0.05) is 0 Å². The molecule has 1 N–H and O–H groups in total. The molecule has 0 saturated carbocycles. The van der Waals surface area contributed by atoms with Crippen LogP contribution in [-0.4, -0.2) is 73.3 Å². The Labute approximate surface area is 124 Å². The average molecular weight is 291 g/mol. The van der Waals surface area contributed by atoms with E-state index < -0.39 is 0 Å². The van der Waals surface area contributed by atoms with Crippen molar-refractivity contribution in [3.8, 4) is 0 Å². The summed E-state index contributed by atoms with van der Waals surface area (Å²) in [5.41, 5.74) is 0. The molecule has 3 rings (SSSR count). The van der Waals surface area contributed by atoms with Crippen LogP contribution in [0.1, 0.15) is 0 Å². The van der Waals surface area contributed by atoms with Crippen molar-refractivity contribution in [3.05, 3.63) is 18.6 Å². The predicted octanol–water partition coefficient (Wildman–Crippen LogP) is -0.640. The van der Waals surface area contributed by atoms with E-state index in [-0.39, 0.29) is 17.9 Å². The third-order valence-corrected chi connectivity index (χ3v) is 4.23. The van der Waals surface area contributed by atoms with Gasteiger partial charge in [-0.2, -0.15) is 0 Å². The highest BCUT2D eigenvalue weighted by Crippen LogP contribution is 2.19. The second kappa shape index (κ2) is 6.36. The van der Waals surface area contributed by atoms with E-state index in [1.807, 2.05) is 11.9 Å². The second-order valence-corrected chi connectivity index (χ2v) is 5.42. The van der Waals surface area contributed by atoms with Crippen LogP contribution in [0.5, 0.6) is 0 Å². The Bertz CT molecular complexity index is 476. The van der Waals surface area contributed by atoms with E-state index in [0.29, 0.717) is 13.2 Å². The van der Waals surface area contributed by atoms with E-state index in [9.17, 15) is 4.79 Å². The van der Waals surface area contributed by atoms with E-state index in [4.69, 9.17) is 4.74 Å². The lowest BCUT2D eigenvalue weighted by molar-refractivity contribution is -0.136. The number of carbonyl (C=O) groups excluding carboxylic acids is 1. The molecular weight excluding hydrogens is 270 g/mol. The summed E-state index contributed by atoms with van der Waals surface area (Å²) in [4.78, 5) is 25.1. The van der Waals surface area contributed by atoms with Gasteiger partial charge in [0.05, 0.1) is 25.3 Å². The highest BCUT2D eigenvalue weighted by molar-refractivity contribution is 5.80. The predicted molar refractivity (Wildman–Crippen MR) is 78.0 cm³/mol. The minimum atomic E-state index is -0.0573. The fourth-order valence-electron chi connectivity index (χ4n) is 2.93. The molecule has 7 nitrogen and oxygen atoms in total. The van der Waals surface area contributed by atoms with E-state index >= 15 is 0 Å². The molecule has 2 saturated heterocycles. The van der Waals surface area contributed by atoms with Crippen molar-refractivity contribution in [1.29, 1.82) is 0 Å². The third kappa shape index (κ3) is 2.98. The topological polar surface area (TPSA) is 70.6 Å². The number of anilines is 1. The van der Waals surface area contributed by atoms with Crippen LogP contribution in [0.3, 0.4) is 0 Å². The van der Waals surface area contributed by atoms with Crippen molar-refractivity contribution >= 4 is 11.7 Å². The Morgan fingerprint density at radius 2 is 2.10 bits per heavy atom. The molecule has 21 heavy (non-hydrogen) atoms. The zero-order valence-electron chi connectivity index (χ0n) is 12.2. The fourth-order valence-corrected chi connectivity index (χ4v) is 2.93. The Balaban J connectivity index is 1.57. The summed E-state index contributed by atoms with van der Waals surface area (Å²) in [5.74, 6) is 1.02. The largest absolute Gasteiger partial charge is 0.379 e. The van der Waals surface area contributed by atoms with E-state index in [1.54, 1.807) is 18.6 Å². The summed E-state index contributed by atoms with van der Waals surface area (Å²) in [5, 5.41) is 3.17. The van der Waals surface area contributed by atoms with Gasteiger partial charge in [0.1, 0.15) is 5.82 Å². The molecule has 2 unspecified atom stereocenters. The number of ether oxygens (including phenoxy) is 1. The lowest BCUT2D eigenvalue weighted by atomic mass is 10.0. The highest BCUT2D eigenvalue weighted by Gasteiger charge is 2.36. The van der Waals surface area contributed by atoms with Crippen molar-refractivity contribution in [2.24, 2.45) is 5.92 Å². The molecule has 0 aromatic carbocycles. The van der Waals surface area contributed by atoms with Crippen LogP contribution in [0.2, 0.25) is 0 Å². The molecule has 2 fully saturated rings. The first-order valence-electron chi connectivity index (χ1n) is 7.34. The molecule has 1 aromatic rings. The zero-order chi connectivity index (χ0) is 14.7. The van der Waals surface area contributed by atoms with Gasteiger partial charge >= 0.3 is 0 Å². The normalized spacial score (nSPS) is 26.1. The number of carbonyl (C=O) groups is 1. The summed E-state index contributed by atoms with van der Waals surface area (Å²) in [6.07, 6.45) is 5.13. The summed E-state index contributed by atoms with van der Waals surface area (Å²) in [7, 11) is 1.88. The summed E-state index contributed by atoms with van der Waals surface area (Å²) in [6, 6.07) is 0.135. The van der Waals surface area contributed by atoms with Crippen LogP contribution in [0, 0.1) is 5.92 Å². The second-order valence-electron chi connectivity index (χ2n) is 5.42. The van der Waals surface area contributed by atoms with E-state index in [0.717, 1.165) is 32.0 Å². The molecule has 7 heteroatoms. The SMILES string of the molecule is CNC1COCC1C(=O)N1CCN(c2cnccn2)CC1. The van der Waals surface area contributed by atoms with Gasteiger partial charge in [-0.15, -0.1) is 0 Å². The summed E-state index contributed by atoms with van der Waals surface area (Å²) in [6.45, 7) is 4.18. The van der Waals surface area contributed by atoms with Crippen molar-refractivity contribution < 1.29 is 9.53 Å². The maximum Gasteiger partial charge on any atom is 0.229 e. The number of nitrogens with zero attached hydrogens (tertiary/aromatic N) is 4. The molecule has 0 aliphatic carbocycles. The Hall–Kier alpha value is -1.73. The van der Waals surface area contributed by atoms with Crippen molar-refractivity contribution in [3.63, 3.8) is 0 Å². The number of aromatic nitrogens is 2. The molecule has 3 heterocycles.